The minimum absolute atomic E-state index is 0.0811. The van der Waals surface area contributed by atoms with E-state index in [1.165, 1.54) is 36.3 Å². The summed E-state index contributed by atoms with van der Waals surface area (Å²) in [6.07, 6.45) is -1.20. The Morgan fingerprint density at radius 3 is 2.67 bits per heavy atom. The Morgan fingerprint density at radius 1 is 1.24 bits per heavy atom. The van der Waals surface area contributed by atoms with Crippen LogP contribution in [0.15, 0.2) is 39.7 Å². The van der Waals surface area contributed by atoms with Gasteiger partial charge in [-0.05, 0) is 43.2 Å². The van der Waals surface area contributed by atoms with Crippen molar-refractivity contribution in [1.82, 2.24) is 4.90 Å². The van der Waals surface area contributed by atoms with Gasteiger partial charge in [-0.25, -0.2) is 0 Å². The number of ether oxygens (including phenoxy) is 1. The maximum Gasteiger partial charge on any atom is 0.419 e. The van der Waals surface area contributed by atoms with E-state index in [0.717, 1.165) is 17.8 Å². The minimum Gasteiger partial charge on any atom is -0.496 e. The quantitative estimate of drug-likeness (QED) is 0.265. The number of aliphatic carboxylic acids is 1. The molecule has 2 aromatic rings. The standard InChI is InChI=1S/C22H20F3NO5S2/c1-30-17-8-6-13(11-15(17)22(23,24)25)16-9-7-14(31-16)12-18-20(29)26(21(32)33-18)10-4-2-3-5-19(27)28/h6-9,11-12H,2-5,10H2,1H3,(H,27,28). The SMILES string of the molecule is COc1ccc(-c2ccc(C=C3SC(=S)N(CCCCCC(=O)O)C3=O)o2)cc1C(F)(F)F. The molecule has 1 saturated heterocycles. The van der Waals surface area contributed by atoms with Gasteiger partial charge in [-0.2, -0.15) is 13.2 Å². The molecular formula is C22H20F3NO5S2. The van der Waals surface area contributed by atoms with Crippen LogP contribution in [0, 0.1) is 0 Å². The predicted molar refractivity (Wildman–Crippen MR) is 122 cm³/mol. The highest BCUT2D eigenvalue weighted by molar-refractivity contribution is 8.26. The van der Waals surface area contributed by atoms with Gasteiger partial charge in [0.05, 0.1) is 17.6 Å². The number of halogens is 3. The molecule has 1 aromatic heterocycles. The van der Waals surface area contributed by atoms with Crippen molar-refractivity contribution in [3.05, 3.63) is 46.6 Å². The minimum atomic E-state index is -4.58. The van der Waals surface area contributed by atoms with E-state index in [1.54, 1.807) is 6.07 Å². The number of rotatable bonds is 9. The summed E-state index contributed by atoms with van der Waals surface area (Å²) < 4.78 is 50.7. The maximum atomic E-state index is 13.3. The van der Waals surface area contributed by atoms with Gasteiger partial charge >= 0.3 is 12.1 Å². The number of carbonyl (C=O) groups excluding carboxylic acids is 1. The van der Waals surface area contributed by atoms with Gasteiger partial charge in [0.15, 0.2) is 0 Å². The summed E-state index contributed by atoms with van der Waals surface area (Å²) >= 11 is 6.38. The largest absolute Gasteiger partial charge is 0.496 e. The lowest BCUT2D eigenvalue weighted by atomic mass is 10.1. The molecule has 1 aliphatic rings. The van der Waals surface area contributed by atoms with Gasteiger partial charge in [0.2, 0.25) is 0 Å². The van der Waals surface area contributed by atoms with Crippen molar-refractivity contribution in [2.24, 2.45) is 0 Å². The number of carbonyl (C=O) groups is 2. The Kier molecular flexibility index (Phi) is 7.85. The second kappa shape index (κ2) is 10.4. The molecule has 2 heterocycles. The topological polar surface area (TPSA) is 80.0 Å². The second-order valence-corrected chi connectivity index (χ2v) is 8.83. The molecule has 0 radical (unpaired) electrons. The first-order valence-corrected chi connectivity index (χ1v) is 11.1. The smallest absolute Gasteiger partial charge is 0.419 e. The maximum absolute atomic E-state index is 13.3. The first kappa shape index (κ1) is 24.8. The highest BCUT2D eigenvalue weighted by Crippen LogP contribution is 2.39. The number of alkyl halides is 3. The average Bonchev–Trinajstić information content (AvgIpc) is 3.32. The van der Waals surface area contributed by atoms with Gasteiger partial charge in [-0.15, -0.1) is 0 Å². The first-order chi connectivity index (χ1) is 15.6. The van der Waals surface area contributed by atoms with Crippen molar-refractivity contribution in [2.45, 2.75) is 31.9 Å². The summed E-state index contributed by atoms with van der Waals surface area (Å²) in [5.74, 6) is -0.917. The van der Waals surface area contributed by atoms with Gasteiger partial charge in [0.25, 0.3) is 5.91 Å². The Morgan fingerprint density at radius 2 is 2.00 bits per heavy atom. The van der Waals surface area contributed by atoms with Gasteiger partial charge in [0, 0.05) is 24.6 Å². The summed E-state index contributed by atoms with van der Waals surface area (Å²) in [5, 5.41) is 8.67. The molecule has 0 saturated carbocycles. The lowest BCUT2D eigenvalue weighted by molar-refractivity contribution is -0.139. The number of amides is 1. The molecule has 0 spiro atoms. The van der Waals surface area contributed by atoms with E-state index in [1.807, 2.05) is 0 Å². The Labute approximate surface area is 197 Å². The molecule has 1 aliphatic heterocycles. The van der Waals surface area contributed by atoms with Crippen LogP contribution in [-0.2, 0) is 15.8 Å². The number of nitrogens with zero attached hydrogens (tertiary/aromatic N) is 1. The van der Waals surface area contributed by atoms with Crippen LogP contribution < -0.4 is 4.74 Å². The molecular weight excluding hydrogens is 479 g/mol. The highest BCUT2D eigenvalue weighted by Gasteiger charge is 2.35. The fourth-order valence-electron chi connectivity index (χ4n) is 3.21. The molecule has 1 aromatic carbocycles. The third kappa shape index (κ3) is 6.17. The number of furan rings is 1. The number of unbranched alkanes of at least 4 members (excludes halogenated alkanes) is 2. The third-order valence-corrected chi connectivity index (χ3v) is 6.21. The Hall–Kier alpha value is -2.79. The molecule has 0 atom stereocenters. The molecule has 11 heteroatoms. The number of benzene rings is 1. The van der Waals surface area contributed by atoms with Crippen LogP contribution in [0.2, 0.25) is 0 Å². The normalized spacial score (nSPS) is 15.5. The molecule has 1 N–H and O–H groups in total. The molecule has 176 valence electrons. The van der Waals surface area contributed by atoms with E-state index in [0.29, 0.717) is 40.8 Å². The fraction of sp³-hybridized carbons (Fsp3) is 0.318. The number of methoxy groups -OCH3 is 1. The number of carboxylic acid groups (broad SMARTS) is 1. The number of thioether (sulfide) groups is 1. The van der Waals surface area contributed by atoms with Crippen LogP contribution in [0.1, 0.15) is 37.0 Å². The summed E-state index contributed by atoms with van der Waals surface area (Å²) in [5.41, 5.74) is -0.693. The third-order valence-electron chi connectivity index (χ3n) is 4.84. The van der Waals surface area contributed by atoms with Crippen molar-refractivity contribution in [3.63, 3.8) is 0 Å². The van der Waals surface area contributed by atoms with Crippen molar-refractivity contribution >= 4 is 46.3 Å². The number of carboxylic acids is 1. The molecule has 33 heavy (non-hydrogen) atoms. The van der Waals surface area contributed by atoms with E-state index in [-0.39, 0.29) is 29.4 Å². The molecule has 6 nitrogen and oxygen atoms in total. The lowest BCUT2D eigenvalue weighted by Gasteiger charge is -2.13. The zero-order valence-corrected chi connectivity index (χ0v) is 19.1. The van der Waals surface area contributed by atoms with Crippen molar-refractivity contribution in [1.29, 1.82) is 0 Å². The predicted octanol–water partition coefficient (Wildman–Crippen LogP) is 5.82. The van der Waals surface area contributed by atoms with Crippen LogP contribution >= 0.6 is 24.0 Å². The molecule has 0 bridgehead atoms. The van der Waals surface area contributed by atoms with Crippen LogP contribution in [0.25, 0.3) is 17.4 Å². The van der Waals surface area contributed by atoms with Crippen LogP contribution in [-0.4, -0.2) is 39.9 Å². The number of hydrogen-bond donors (Lipinski definition) is 1. The van der Waals surface area contributed by atoms with E-state index in [4.69, 9.17) is 26.5 Å². The zero-order valence-electron chi connectivity index (χ0n) is 17.5. The fourth-order valence-corrected chi connectivity index (χ4v) is 4.50. The molecule has 1 fully saturated rings. The number of hydrogen-bond acceptors (Lipinski definition) is 6. The average molecular weight is 500 g/mol. The van der Waals surface area contributed by atoms with Crippen LogP contribution in [0.5, 0.6) is 5.75 Å². The number of thiocarbonyl (C=S) groups is 1. The van der Waals surface area contributed by atoms with Gasteiger partial charge in [-0.1, -0.05) is 30.4 Å². The molecule has 3 rings (SSSR count). The summed E-state index contributed by atoms with van der Waals surface area (Å²) in [4.78, 5) is 25.0. The van der Waals surface area contributed by atoms with Crippen molar-refractivity contribution < 1.29 is 37.0 Å². The first-order valence-electron chi connectivity index (χ1n) is 9.92. The monoisotopic (exact) mass is 499 g/mol. The van der Waals surface area contributed by atoms with Gasteiger partial charge < -0.3 is 14.3 Å². The summed E-state index contributed by atoms with van der Waals surface area (Å²) in [7, 11) is 1.17. The highest BCUT2D eigenvalue weighted by atomic mass is 32.2. The van der Waals surface area contributed by atoms with Crippen LogP contribution in [0.4, 0.5) is 13.2 Å². The summed E-state index contributed by atoms with van der Waals surface area (Å²) in [6, 6.07) is 6.72. The Bertz CT molecular complexity index is 1090. The van der Waals surface area contributed by atoms with E-state index < -0.39 is 17.7 Å². The lowest BCUT2D eigenvalue weighted by Crippen LogP contribution is -2.29. The molecule has 0 unspecified atom stereocenters. The summed E-state index contributed by atoms with van der Waals surface area (Å²) in [6.45, 7) is 0.386. The van der Waals surface area contributed by atoms with Crippen LogP contribution in [0.3, 0.4) is 0 Å². The van der Waals surface area contributed by atoms with Crippen molar-refractivity contribution in [3.8, 4) is 17.1 Å². The van der Waals surface area contributed by atoms with Gasteiger partial charge in [-0.3, -0.25) is 14.5 Å². The van der Waals surface area contributed by atoms with Crippen molar-refractivity contribution in [2.75, 3.05) is 13.7 Å². The second-order valence-electron chi connectivity index (χ2n) is 7.15. The van der Waals surface area contributed by atoms with Gasteiger partial charge in [0.1, 0.15) is 21.6 Å². The van der Waals surface area contributed by atoms with E-state index >= 15 is 0 Å². The Balaban J connectivity index is 1.71. The zero-order chi connectivity index (χ0) is 24.2. The van der Waals surface area contributed by atoms with E-state index in [9.17, 15) is 22.8 Å². The molecule has 1 amide bonds. The van der Waals surface area contributed by atoms with E-state index in [2.05, 4.69) is 0 Å². The molecule has 0 aliphatic carbocycles.